The van der Waals surface area contributed by atoms with Gasteiger partial charge in [-0.05, 0) is 51.4 Å². The Morgan fingerprint density at radius 3 is 1.95 bits per heavy atom. The molecule has 2 saturated heterocycles. The number of nitrogens with zero attached hydrogens (tertiary/aromatic N) is 3. The van der Waals surface area contributed by atoms with E-state index in [9.17, 15) is 24.0 Å². The second kappa shape index (κ2) is 14.7. The lowest BCUT2D eigenvalue weighted by atomic mass is 9.96. The molecule has 0 radical (unpaired) electrons. The van der Waals surface area contributed by atoms with Crippen LogP contribution >= 0.6 is 0 Å². The van der Waals surface area contributed by atoms with E-state index >= 15 is 0 Å². The van der Waals surface area contributed by atoms with E-state index in [-0.39, 0.29) is 57.9 Å². The van der Waals surface area contributed by atoms with Crippen molar-refractivity contribution in [2.45, 2.75) is 138 Å². The predicted molar refractivity (Wildman–Crippen MR) is 172 cm³/mol. The summed E-state index contributed by atoms with van der Waals surface area (Å²) in [6, 6.07) is -3.74. The maximum Gasteiger partial charge on any atom is 0.424 e. The highest BCUT2D eigenvalue weighted by Crippen LogP contribution is 2.37. The topological polar surface area (TPSA) is 142 Å². The largest absolute Gasteiger partial charge is 0.424 e. The Morgan fingerprint density at radius 2 is 1.48 bits per heavy atom. The Labute approximate surface area is 265 Å². The normalized spacial score (nSPS) is 24.5. The van der Waals surface area contributed by atoms with Gasteiger partial charge in [0.2, 0.25) is 17.7 Å². The van der Waals surface area contributed by atoms with E-state index < -0.39 is 35.6 Å². The molecule has 0 saturated carbocycles. The molecule has 2 aliphatic heterocycles. The molecule has 6 atom stereocenters. The number of rotatable bonds is 10. The maximum absolute atomic E-state index is 14.6. The summed E-state index contributed by atoms with van der Waals surface area (Å²) in [5.74, 6) is -1.86. The number of urea groups is 1. The van der Waals surface area contributed by atoms with Gasteiger partial charge in [-0.25, -0.2) is 9.59 Å². The first-order valence-electron chi connectivity index (χ1n) is 16.6. The van der Waals surface area contributed by atoms with Crippen molar-refractivity contribution in [2.24, 2.45) is 29.4 Å². The predicted octanol–water partition coefficient (Wildman–Crippen LogP) is 3.25. The van der Waals surface area contributed by atoms with Gasteiger partial charge in [0.25, 0.3) is 0 Å². The molecule has 0 aromatic carbocycles. The van der Waals surface area contributed by atoms with Crippen molar-refractivity contribution in [1.82, 2.24) is 20.4 Å². The van der Waals surface area contributed by atoms with Crippen molar-refractivity contribution in [1.29, 1.82) is 0 Å². The molecule has 6 amide bonds. The third kappa shape index (κ3) is 8.00. The minimum absolute atomic E-state index is 0.0943. The van der Waals surface area contributed by atoms with E-state index in [0.29, 0.717) is 25.9 Å². The second-order valence-corrected chi connectivity index (χ2v) is 15.4. The molecule has 252 valence electrons. The molecule has 2 fully saturated rings. The van der Waals surface area contributed by atoms with Gasteiger partial charge in [-0.2, -0.15) is 4.48 Å². The Morgan fingerprint density at radius 1 is 0.886 bits per heavy atom. The van der Waals surface area contributed by atoms with E-state index in [1.54, 1.807) is 11.9 Å². The molecule has 1 unspecified atom stereocenters. The van der Waals surface area contributed by atoms with Crippen LogP contribution in [-0.2, 0) is 19.2 Å². The van der Waals surface area contributed by atoms with Crippen molar-refractivity contribution in [3.63, 3.8) is 0 Å². The van der Waals surface area contributed by atoms with Crippen LogP contribution in [0.4, 0.5) is 4.79 Å². The van der Waals surface area contributed by atoms with E-state index in [2.05, 4.69) is 10.6 Å². The first-order valence-corrected chi connectivity index (χ1v) is 16.6. The molecule has 2 rings (SSSR count). The average Bonchev–Trinajstić information content (AvgIpc) is 3.57. The van der Waals surface area contributed by atoms with E-state index in [0.717, 1.165) is 12.8 Å². The molecule has 0 aromatic rings. The molecular weight excluding hydrogens is 560 g/mol. The number of likely N-dealkylation sites (tertiary alicyclic amines) is 2. The number of nitrogens with two attached hydrogens (primary N) is 1. The van der Waals surface area contributed by atoms with Crippen molar-refractivity contribution < 1.29 is 28.5 Å². The van der Waals surface area contributed by atoms with Gasteiger partial charge in [-0.15, -0.1) is 0 Å². The Bertz CT molecular complexity index is 1070. The average molecular weight is 622 g/mol. The quantitative estimate of drug-likeness (QED) is 0.320. The zero-order valence-electron chi connectivity index (χ0n) is 29.4. The fourth-order valence-corrected chi connectivity index (χ4v) is 6.87. The molecule has 4 N–H and O–H groups in total. The molecule has 0 bridgehead atoms. The van der Waals surface area contributed by atoms with Crippen molar-refractivity contribution in [3.8, 4) is 0 Å². The van der Waals surface area contributed by atoms with Crippen LogP contribution in [0.1, 0.15) is 102 Å². The molecule has 11 heteroatoms. The smallest absolute Gasteiger partial charge is 0.343 e. The number of nitrogens with one attached hydrogen (secondary N) is 2. The lowest BCUT2D eigenvalue weighted by molar-refractivity contribution is -0.793. The zero-order valence-corrected chi connectivity index (χ0v) is 29.4. The van der Waals surface area contributed by atoms with Gasteiger partial charge in [0.1, 0.15) is 24.2 Å². The Balaban J connectivity index is 2.44. The molecule has 11 nitrogen and oxygen atoms in total. The third-order valence-electron chi connectivity index (χ3n) is 9.31. The molecule has 2 heterocycles. The number of amides is 6. The van der Waals surface area contributed by atoms with Crippen LogP contribution in [-0.4, -0.2) is 99.8 Å². The summed E-state index contributed by atoms with van der Waals surface area (Å²) < 4.78 is -0.304. The standard InChI is InChI=1S/C33H60N6O5/c1-19(2)24-16-14-18-39(24,32(44)36-33(9,10)11)31(43)23-15-13-17-38(23)30(42)27(22(7)8)37(12)29(41)26(21(5)6)35-28(40)25(34)20(3)4/h19-27H,13-18,34H2,1-12H3,(H-,35,36,40,44)/p+1/t23-,24-,25-,26-,27-,39?/m0/s1. The molecule has 2 aliphatic rings. The monoisotopic (exact) mass is 621 g/mol. The molecular formula is C33H61N6O5+. The number of imide groups is 1. The van der Waals surface area contributed by atoms with Crippen LogP contribution in [0.3, 0.4) is 0 Å². The van der Waals surface area contributed by atoms with Crippen LogP contribution in [0.25, 0.3) is 0 Å². The summed E-state index contributed by atoms with van der Waals surface area (Å²) in [7, 11) is 1.59. The molecule has 0 aromatic heterocycles. The van der Waals surface area contributed by atoms with E-state index in [1.807, 2.05) is 76.2 Å². The Hall–Kier alpha value is -2.53. The number of hydrogen-bond acceptors (Lipinski definition) is 6. The number of likely N-dealkylation sites (N-methyl/N-ethyl adjacent to an activating group) is 1. The maximum atomic E-state index is 14.6. The summed E-state index contributed by atoms with van der Waals surface area (Å²) >= 11 is 0. The lowest BCUT2D eigenvalue weighted by Gasteiger charge is -2.42. The van der Waals surface area contributed by atoms with Crippen LogP contribution in [0.2, 0.25) is 0 Å². The van der Waals surface area contributed by atoms with Gasteiger partial charge in [0.15, 0.2) is 0 Å². The van der Waals surface area contributed by atoms with Crippen LogP contribution in [0.5, 0.6) is 0 Å². The van der Waals surface area contributed by atoms with Crippen molar-refractivity contribution in [2.75, 3.05) is 20.1 Å². The van der Waals surface area contributed by atoms with Gasteiger partial charge in [0.05, 0.1) is 12.6 Å². The second-order valence-electron chi connectivity index (χ2n) is 15.4. The molecule has 44 heavy (non-hydrogen) atoms. The summed E-state index contributed by atoms with van der Waals surface area (Å²) in [6.45, 7) is 21.7. The van der Waals surface area contributed by atoms with Gasteiger partial charge in [-0.3, -0.25) is 14.4 Å². The van der Waals surface area contributed by atoms with Gasteiger partial charge in [-0.1, -0.05) is 55.4 Å². The number of carbonyl (C=O) groups is 5. The van der Waals surface area contributed by atoms with Crippen molar-refractivity contribution in [3.05, 3.63) is 0 Å². The molecule has 0 aliphatic carbocycles. The highest BCUT2D eigenvalue weighted by molar-refractivity contribution is 5.96. The fourth-order valence-electron chi connectivity index (χ4n) is 6.87. The van der Waals surface area contributed by atoms with Gasteiger partial charge >= 0.3 is 11.9 Å². The van der Waals surface area contributed by atoms with Crippen LogP contribution in [0.15, 0.2) is 0 Å². The Kier molecular flexibility index (Phi) is 12.6. The highest BCUT2D eigenvalue weighted by Gasteiger charge is 2.60. The first kappa shape index (κ1) is 37.7. The summed E-state index contributed by atoms with van der Waals surface area (Å²) in [4.78, 5) is 72.7. The van der Waals surface area contributed by atoms with E-state index in [1.165, 1.54) is 4.90 Å². The number of carbonyl (C=O) groups excluding carboxylic acids is 5. The fraction of sp³-hybridized carbons (Fsp3) is 0.848. The summed E-state index contributed by atoms with van der Waals surface area (Å²) in [6.07, 6.45) is 2.62. The minimum atomic E-state index is -0.867. The summed E-state index contributed by atoms with van der Waals surface area (Å²) in [5, 5.41) is 5.89. The third-order valence-corrected chi connectivity index (χ3v) is 9.31. The SMILES string of the molecule is CC(C)[C@H](N)C(=O)N[C@H](C(=O)N(C)[C@H](C(=O)N1CCC[C@H]1C(=O)[N+]1(C(=O)NC(C)(C)C)CCC[C@H]1C(C)C)C(C)C)C(C)C. The number of quaternary nitrogens is 1. The van der Waals surface area contributed by atoms with Crippen LogP contribution < -0.4 is 16.4 Å². The lowest BCUT2D eigenvalue weighted by Crippen LogP contribution is -2.70. The first-order chi connectivity index (χ1) is 20.2. The summed E-state index contributed by atoms with van der Waals surface area (Å²) in [5.41, 5.74) is 5.53. The van der Waals surface area contributed by atoms with E-state index in [4.69, 9.17) is 5.73 Å². The van der Waals surface area contributed by atoms with Crippen LogP contribution in [0, 0.1) is 23.7 Å². The highest BCUT2D eigenvalue weighted by atomic mass is 16.2. The molecule has 0 spiro atoms. The van der Waals surface area contributed by atoms with Gasteiger partial charge < -0.3 is 26.2 Å². The van der Waals surface area contributed by atoms with Gasteiger partial charge in [0, 0.05) is 37.9 Å². The zero-order chi connectivity index (χ0) is 33.9. The number of hydrogen-bond donors (Lipinski definition) is 3. The minimum Gasteiger partial charge on any atom is -0.343 e. The van der Waals surface area contributed by atoms with Crippen molar-refractivity contribution >= 4 is 29.7 Å².